The highest BCUT2D eigenvalue weighted by Gasteiger charge is 2.40. The Balaban J connectivity index is 2.06. The van der Waals surface area contributed by atoms with Gasteiger partial charge in [0, 0.05) is 13.7 Å². The third kappa shape index (κ3) is 2.97. The number of amides is 1. The molecule has 3 N–H and O–H groups in total. The lowest BCUT2D eigenvalue weighted by atomic mass is 9.94. The summed E-state index contributed by atoms with van der Waals surface area (Å²) in [6.07, 6.45) is -0.439. The molecule has 1 aromatic carbocycles. The van der Waals surface area contributed by atoms with Gasteiger partial charge in [0.15, 0.2) is 5.60 Å². The zero-order valence-electron chi connectivity index (χ0n) is 10.8. The highest BCUT2D eigenvalue weighted by atomic mass is 16.6. The second-order valence-electron chi connectivity index (χ2n) is 4.31. The average molecular weight is 266 g/mol. The number of ether oxygens (including phenoxy) is 3. The Morgan fingerprint density at radius 1 is 1.37 bits per heavy atom. The van der Waals surface area contributed by atoms with Gasteiger partial charge < -0.3 is 25.3 Å². The molecule has 1 atom stereocenters. The van der Waals surface area contributed by atoms with Crippen LogP contribution in [0.2, 0.25) is 0 Å². The monoisotopic (exact) mass is 266 g/mol. The van der Waals surface area contributed by atoms with Crippen LogP contribution in [0, 0.1) is 0 Å². The maximum absolute atomic E-state index is 11.2. The molecule has 0 aromatic heterocycles. The van der Waals surface area contributed by atoms with Gasteiger partial charge in [0.1, 0.15) is 12.4 Å². The number of benzene rings is 1. The summed E-state index contributed by atoms with van der Waals surface area (Å²) in [5.41, 5.74) is 5.81. The van der Waals surface area contributed by atoms with Gasteiger partial charge in [-0.15, -0.1) is 0 Å². The molecule has 0 spiro atoms. The van der Waals surface area contributed by atoms with Crippen LogP contribution in [0.3, 0.4) is 0 Å². The molecular weight excluding hydrogens is 248 g/mol. The van der Waals surface area contributed by atoms with Gasteiger partial charge in [-0.2, -0.15) is 0 Å². The second-order valence-corrected chi connectivity index (χ2v) is 4.31. The minimum absolute atomic E-state index is 0.232. The van der Waals surface area contributed by atoms with Gasteiger partial charge in [0.2, 0.25) is 0 Å². The molecule has 1 aliphatic rings. The molecule has 1 unspecified atom stereocenters. The van der Waals surface area contributed by atoms with E-state index in [1.807, 2.05) is 24.3 Å². The van der Waals surface area contributed by atoms with E-state index in [1.54, 1.807) is 7.11 Å². The van der Waals surface area contributed by atoms with Crippen molar-refractivity contribution in [3.8, 4) is 5.75 Å². The first kappa shape index (κ1) is 13.6. The van der Waals surface area contributed by atoms with Crippen molar-refractivity contribution < 1.29 is 19.0 Å². The van der Waals surface area contributed by atoms with Crippen molar-refractivity contribution in [2.24, 2.45) is 5.73 Å². The molecule has 6 heteroatoms. The summed E-state index contributed by atoms with van der Waals surface area (Å²) in [6.45, 7) is 1.65. The van der Waals surface area contributed by atoms with Gasteiger partial charge in [0.05, 0.1) is 13.2 Å². The summed E-state index contributed by atoms with van der Waals surface area (Å²) in [4.78, 5) is 11.2. The van der Waals surface area contributed by atoms with Gasteiger partial charge in [-0.1, -0.05) is 12.1 Å². The summed E-state index contributed by atoms with van der Waals surface area (Å²) in [7, 11) is 1.62. The fourth-order valence-corrected chi connectivity index (χ4v) is 1.95. The number of nitrogens with two attached hydrogens (primary N) is 1. The number of carbonyl (C=O) groups is 1. The smallest absolute Gasteiger partial charge is 0.408 e. The number of hydrogen-bond donors (Lipinski definition) is 2. The predicted molar refractivity (Wildman–Crippen MR) is 69.0 cm³/mol. The number of methoxy groups -OCH3 is 1. The van der Waals surface area contributed by atoms with Gasteiger partial charge in [-0.3, -0.25) is 0 Å². The Kier molecular flexibility index (Phi) is 4.24. The molecule has 0 saturated carbocycles. The minimum atomic E-state index is -0.776. The highest BCUT2D eigenvalue weighted by molar-refractivity contribution is 5.70. The molecule has 1 heterocycles. The quantitative estimate of drug-likeness (QED) is 0.737. The van der Waals surface area contributed by atoms with Crippen molar-refractivity contribution in [1.82, 2.24) is 5.32 Å². The maximum Gasteiger partial charge on any atom is 0.408 e. The van der Waals surface area contributed by atoms with Gasteiger partial charge in [0.25, 0.3) is 0 Å². The van der Waals surface area contributed by atoms with Gasteiger partial charge in [-0.05, 0) is 17.7 Å². The molecular formula is C13H18N2O4. The van der Waals surface area contributed by atoms with Crippen LogP contribution >= 0.6 is 0 Å². The van der Waals surface area contributed by atoms with Gasteiger partial charge >= 0.3 is 6.09 Å². The zero-order valence-corrected chi connectivity index (χ0v) is 10.8. The molecule has 1 aromatic rings. The number of carbonyl (C=O) groups excluding carboxylic acids is 1. The first-order valence-electron chi connectivity index (χ1n) is 6.09. The molecule has 0 aliphatic carbocycles. The Morgan fingerprint density at radius 2 is 2.11 bits per heavy atom. The molecule has 1 fully saturated rings. The Hall–Kier alpha value is -1.79. The van der Waals surface area contributed by atoms with Crippen LogP contribution in [0.1, 0.15) is 5.56 Å². The fourth-order valence-electron chi connectivity index (χ4n) is 1.95. The fraction of sp³-hybridized carbons (Fsp3) is 0.462. The molecule has 1 amide bonds. The maximum atomic E-state index is 11.2. The molecule has 0 bridgehead atoms. The van der Waals surface area contributed by atoms with E-state index in [1.165, 1.54) is 0 Å². The van der Waals surface area contributed by atoms with Crippen molar-refractivity contribution >= 4 is 6.09 Å². The van der Waals surface area contributed by atoms with E-state index in [-0.39, 0.29) is 6.54 Å². The summed E-state index contributed by atoms with van der Waals surface area (Å²) >= 11 is 0. The van der Waals surface area contributed by atoms with Crippen molar-refractivity contribution in [2.45, 2.75) is 5.60 Å². The van der Waals surface area contributed by atoms with E-state index < -0.39 is 11.7 Å². The van der Waals surface area contributed by atoms with E-state index in [9.17, 15) is 4.79 Å². The molecule has 104 valence electrons. The van der Waals surface area contributed by atoms with Crippen LogP contribution in [-0.4, -0.2) is 39.5 Å². The number of cyclic esters (lactones) is 1. The number of hydrogen-bond acceptors (Lipinski definition) is 5. The minimum Gasteiger partial charge on any atom is -0.491 e. The van der Waals surface area contributed by atoms with Crippen LogP contribution in [0.4, 0.5) is 4.79 Å². The Morgan fingerprint density at radius 3 is 2.63 bits per heavy atom. The van der Waals surface area contributed by atoms with Crippen LogP contribution in [0.25, 0.3) is 0 Å². The Labute approximate surface area is 111 Å². The van der Waals surface area contributed by atoms with E-state index >= 15 is 0 Å². The summed E-state index contributed by atoms with van der Waals surface area (Å²) in [6, 6.07) is 7.37. The summed E-state index contributed by atoms with van der Waals surface area (Å²) in [5, 5.41) is 2.63. The number of rotatable bonds is 6. The van der Waals surface area contributed by atoms with E-state index in [0.717, 1.165) is 11.3 Å². The number of alkyl carbamates (subject to hydrolysis) is 1. The van der Waals surface area contributed by atoms with Crippen molar-refractivity contribution in [2.75, 3.05) is 33.4 Å². The predicted octanol–water partition coefficient (Wildman–Crippen LogP) is 0.606. The standard InChI is InChI=1S/C13H18N2O4/c1-17-6-7-18-11-4-2-10(3-5-11)13(8-14)9-15-12(16)19-13/h2-5H,6-9,14H2,1H3,(H,15,16). The first-order chi connectivity index (χ1) is 9.20. The molecule has 19 heavy (non-hydrogen) atoms. The van der Waals surface area contributed by atoms with Crippen molar-refractivity contribution in [1.29, 1.82) is 0 Å². The normalized spacial score (nSPS) is 21.9. The number of nitrogens with one attached hydrogen (secondary N) is 1. The van der Waals surface area contributed by atoms with Crippen LogP contribution in [0.5, 0.6) is 5.75 Å². The largest absolute Gasteiger partial charge is 0.491 e. The molecule has 1 saturated heterocycles. The SMILES string of the molecule is COCCOc1ccc(C2(CN)CNC(=O)O2)cc1. The topological polar surface area (TPSA) is 82.8 Å². The molecule has 2 rings (SSSR count). The lowest BCUT2D eigenvalue weighted by molar-refractivity contribution is 0.0616. The van der Waals surface area contributed by atoms with Crippen LogP contribution < -0.4 is 15.8 Å². The Bertz CT molecular complexity index is 435. The van der Waals surface area contributed by atoms with E-state index in [2.05, 4.69) is 5.32 Å². The highest BCUT2D eigenvalue weighted by Crippen LogP contribution is 2.29. The molecule has 0 radical (unpaired) electrons. The molecule has 1 aliphatic heterocycles. The van der Waals surface area contributed by atoms with Crippen LogP contribution in [-0.2, 0) is 15.1 Å². The van der Waals surface area contributed by atoms with E-state index in [4.69, 9.17) is 19.9 Å². The average Bonchev–Trinajstić information content (AvgIpc) is 2.83. The van der Waals surface area contributed by atoms with Crippen molar-refractivity contribution in [3.63, 3.8) is 0 Å². The van der Waals surface area contributed by atoms with Crippen molar-refractivity contribution in [3.05, 3.63) is 29.8 Å². The zero-order chi connectivity index (χ0) is 13.7. The first-order valence-corrected chi connectivity index (χ1v) is 6.09. The summed E-state index contributed by atoms with van der Waals surface area (Å²) < 4.78 is 15.7. The van der Waals surface area contributed by atoms with Crippen LogP contribution in [0.15, 0.2) is 24.3 Å². The van der Waals surface area contributed by atoms with E-state index in [0.29, 0.717) is 19.8 Å². The second kappa shape index (κ2) is 5.90. The molecule has 6 nitrogen and oxygen atoms in total. The third-order valence-electron chi connectivity index (χ3n) is 3.07. The lowest BCUT2D eigenvalue weighted by Crippen LogP contribution is -2.38. The lowest BCUT2D eigenvalue weighted by Gasteiger charge is -2.25. The third-order valence-corrected chi connectivity index (χ3v) is 3.07. The van der Waals surface area contributed by atoms with Gasteiger partial charge in [-0.25, -0.2) is 4.79 Å². The summed E-state index contributed by atoms with van der Waals surface area (Å²) in [5.74, 6) is 0.741.